The van der Waals surface area contributed by atoms with Crippen molar-refractivity contribution in [1.82, 2.24) is 10.6 Å². The molecule has 0 spiro atoms. The van der Waals surface area contributed by atoms with Crippen molar-refractivity contribution < 1.29 is 37.1 Å². The number of benzene rings is 1. The first-order valence-corrected chi connectivity index (χ1v) is 18.7. The number of anilines is 1. The fourth-order valence-corrected chi connectivity index (χ4v) is 11.8. The Morgan fingerprint density at radius 1 is 0.904 bits per heavy atom. The third kappa shape index (κ3) is 6.07. The molecule has 8 nitrogen and oxygen atoms in total. The Bertz CT molecular complexity index is 1720. The molecule has 3 N–H and O–H groups in total. The number of halogens is 3. The molecule has 4 fully saturated rings. The van der Waals surface area contributed by atoms with E-state index in [4.69, 9.17) is 0 Å². The summed E-state index contributed by atoms with van der Waals surface area (Å²) in [5, 5.41) is 8.24. The molecule has 3 amide bonds. The number of ether oxygens (including phenoxy) is 1. The van der Waals surface area contributed by atoms with E-state index in [1.165, 1.54) is 17.7 Å². The lowest BCUT2D eigenvalue weighted by molar-refractivity contribution is -0.274. The van der Waals surface area contributed by atoms with E-state index in [1.54, 1.807) is 0 Å². The molecule has 0 heterocycles. The number of Topliss-reactive ketones (excluding diaryl/α,β-unsaturated/α-hetero) is 1. The van der Waals surface area contributed by atoms with E-state index in [0.29, 0.717) is 18.4 Å². The van der Waals surface area contributed by atoms with Crippen LogP contribution in [0.1, 0.15) is 99.8 Å². The van der Waals surface area contributed by atoms with Crippen molar-refractivity contribution in [2.75, 3.05) is 18.4 Å². The molecule has 0 aromatic heterocycles. The first-order chi connectivity index (χ1) is 24.0. The normalized spacial score (nSPS) is 38.1. The number of nitrogens with one attached hydrogen (secondary N) is 3. The lowest BCUT2D eigenvalue weighted by Gasteiger charge is -2.70. The van der Waals surface area contributed by atoms with Crippen LogP contribution in [0.3, 0.4) is 0 Å². The molecule has 8 atom stereocenters. The average Bonchev–Trinajstić information content (AvgIpc) is 3.04. The molecule has 0 unspecified atom stereocenters. The van der Waals surface area contributed by atoms with Crippen molar-refractivity contribution in [2.45, 2.75) is 106 Å². The maximum Gasteiger partial charge on any atom is 0.573 e. The fraction of sp³-hybridized carbons (Fsp3) is 0.659. The highest BCUT2D eigenvalue weighted by Gasteiger charge is 2.70. The molecule has 4 saturated carbocycles. The van der Waals surface area contributed by atoms with Gasteiger partial charge in [-0.25, -0.2) is 4.79 Å². The van der Waals surface area contributed by atoms with E-state index >= 15 is 0 Å². The number of allylic oxidation sites excluding steroid dienone is 3. The van der Waals surface area contributed by atoms with Crippen molar-refractivity contribution in [2.24, 2.45) is 50.2 Å². The highest BCUT2D eigenvalue weighted by atomic mass is 19.4. The number of alkyl halides is 3. The lowest BCUT2D eigenvalue weighted by Crippen LogP contribution is -2.66. The van der Waals surface area contributed by atoms with Crippen LogP contribution >= 0.6 is 0 Å². The maximum atomic E-state index is 14.6. The first kappa shape index (κ1) is 38.1. The molecular formula is C41H54F3N3O5. The van der Waals surface area contributed by atoms with Gasteiger partial charge in [0.15, 0.2) is 11.6 Å². The summed E-state index contributed by atoms with van der Waals surface area (Å²) in [7, 11) is 0. The fourth-order valence-electron chi connectivity index (χ4n) is 11.8. The van der Waals surface area contributed by atoms with Crippen LogP contribution in [0.5, 0.6) is 5.75 Å². The number of ketones is 2. The average molecular weight is 726 g/mol. The molecule has 0 saturated heterocycles. The Morgan fingerprint density at radius 3 is 2.19 bits per heavy atom. The van der Waals surface area contributed by atoms with Crippen LogP contribution in [-0.4, -0.2) is 43.0 Å². The third-order valence-electron chi connectivity index (χ3n) is 14.8. The van der Waals surface area contributed by atoms with Gasteiger partial charge in [0.05, 0.1) is 0 Å². The van der Waals surface area contributed by atoms with Gasteiger partial charge >= 0.3 is 12.4 Å². The second-order valence-corrected chi connectivity index (χ2v) is 18.3. The van der Waals surface area contributed by atoms with E-state index in [0.717, 1.165) is 50.7 Å². The summed E-state index contributed by atoms with van der Waals surface area (Å²) in [4.78, 5) is 54.2. The van der Waals surface area contributed by atoms with Crippen LogP contribution in [0.2, 0.25) is 0 Å². The number of hydrogen-bond acceptors (Lipinski definition) is 5. The van der Waals surface area contributed by atoms with E-state index < -0.39 is 29.0 Å². The van der Waals surface area contributed by atoms with Gasteiger partial charge in [0.25, 0.3) is 0 Å². The maximum absolute atomic E-state index is 14.6. The number of carbonyl (C=O) groups is 4. The molecule has 1 aromatic carbocycles. The van der Waals surface area contributed by atoms with Crippen molar-refractivity contribution in [3.8, 4) is 5.75 Å². The monoisotopic (exact) mass is 725 g/mol. The number of amides is 3. The van der Waals surface area contributed by atoms with Gasteiger partial charge < -0.3 is 20.7 Å². The predicted octanol–water partition coefficient (Wildman–Crippen LogP) is 8.54. The highest BCUT2D eigenvalue weighted by Crippen LogP contribution is 2.75. The van der Waals surface area contributed by atoms with Crippen molar-refractivity contribution in [3.63, 3.8) is 0 Å². The Balaban J connectivity index is 1.13. The summed E-state index contributed by atoms with van der Waals surface area (Å²) in [5.74, 6) is -0.235. The topological polar surface area (TPSA) is 114 Å². The molecule has 5 aliphatic rings. The summed E-state index contributed by atoms with van der Waals surface area (Å²) in [6.07, 6.45) is 3.71. The SMILES string of the molecule is C=C1C[C@]2(C)[C@H]3C(=O)C=C4[C@@H]5C[C@@](C)(C(=O)NCCNC(=O)Nc6ccc(OC(F)(F)F)cc6)CC[C@]5(C)CC[C@@]4(C)[C@]3(C)CC[C@H]2C(C)(C)C1=O. The molecule has 6 rings (SSSR count). The largest absolute Gasteiger partial charge is 0.573 e. The zero-order valence-corrected chi connectivity index (χ0v) is 31.6. The van der Waals surface area contributed by atoms with Crippen LogP contribution in [0.25, 0.3) is 0 Å². The Hall–Kier alpha value is -3.63. The summed E-state index contributed by atoms with van der Waals surface area (Å²) in [6.45, 7) is 19.9. The quantitative estimate of drug-likeness (QED) is 0.201. The molecule has 0 aliphatic heterocycles. The zero-order valence-electron chi connectivity index (χ0n) is 31.6. The Kier molecular flexibility index (Phi) is 9.14. The lowest BCUT2D eigenvalue weighted by atomic mass is 9.33. The Morgan fingerprint density at radius 2 is 1.54 bits per heavy atom. The molecule has 11 heteroatoms. The predicted molar refractivity (Wildman–Crippen MR) is 192 cm³/mol. The summed E-state index contributed by atoms with van der Waals surface area (Å²) in [6, 6.07) is 4.25. The van der Waals surface area contributed by atoms with Crippen LogP contribution in [0, 0.1) is 50.2 Å². The number of carbonyl (C=O) groups excluding carboxylic acids is 4. The van der Waals surface area contributed by atoms with Crippen LogP contribution in [0.4, 0.5) is 23.7 Å². The van der Waals surface area contributed by atoms with Crippen LogP contribution in [0.15, 0.2) is 48.1 Å². The molecule has 5 aliphatic carbocycles. The number of urea groups is 1. The van der Waals surface area contributed by atoms with Gasteiger partial charge in [0.1, 0.15) is 5.75 Å². The minimum atomic E-state index is -4.80. The molecule has 0 radical (unpaired) electrons. The first-order valence-electron chi connectivity index (χ1n) is 18.7. The van der Waals surface area contributed by atoms with Gasteiger partial charge in [-0.15, -0.1) is 13.2 Å². The second kappa shape index (κ2) is 12.5. The van der Waals surface area contributed by atoms with Gasteiger partial charge in [-0.3, -0.25) is 14.4 Å². The smallest absolute Gasteiger partial charge is 0.406 e. The van der Waals surface area contributed by atoms with Gasteiger partial charge in [0, 0.05) is 35.5 Å². The minimum absolute atomic E-state index is 0.0278. The molecular weight excluding hydrogens is 671 g/mol. The van der Waals surface area contributed by atoms with Gasteiger partial charge in [-0.05, 0) is 121 Å². The standard InChI is InChI=1S/C41H54F3N3O5/c1-24-22-38(6)30(35(2,3)32(24)49)13-14-40(8)31(38)29(48)21-27-28-23-37(5,16-15-36(28,4)17-18-39(27,40)7)33(50)45-19-20-46-34(51)47-25-9-11-26(12-10-25)52-41(42,43)44/h9-12,21,28,30-31H,1,13-20,22-23H2,2-8H3,(H,45,50)(H2,46,47,51)/t28-,30-,31+,36+,37-,38-,39+,40+/m0/s1. The van der Waals surface area contributed by atoms with E-state index in [1.807, 2.05) is 26.8 Å². The summed E-state index contributed by atoms with van der Waals surface area (Å²) >= 11 is 0. The highest BCUT2D eigenvalue weighted by molar-refractivity contribution is 6.01. The summed E-state index contributed by atoms with van der Waals surface area (Å²) < 4.78 is 41.1. The van der Waals surface area contributed by atoms with Gasteiger partial charge in [-0.1, -0.05) is 60.6 Å². The molecule has 1 aromatic rings. The van der Waals surface area contributed by atoms with Crippen molar-refractivity contribution in [1.29, 1.82) is 0 Å². The Labute approximate surface area is 305 Å². The van der Waals surface area contributed by atoms with Gasteiger partial charge in [-0.2, -0.15) is 0 Å². The number of hydrogen-bond donors (Lipinski definition) is 3. The molecule has 0 bridgehead atoms. The summed E-state index contributed by atoms with van der Waals surface area (Å²) in [5.41, 5.74) is -0.0259. The third-order valence-corrected chi connectivity index (χ3v) is 14.8. The molecule has 52 heavy (non-hydrogen) atoms. The molecule has 284 valence electrons. The van der Waals surface area contributed by atoms with Gasteiger partial charge in [0.2, 0.25) is 5.91 Å². The van der Waals surface area contributed by atoms with Crippen molar-refractivity contribution in [3.05, 3.63) is 48.1 Å². The van der Waals surface area contributed by atoms with E-state index in [-0.39, 0.29) is 75.7 Å². The van der Waals surface area contributed by atoms with E-state index in [2.05, 4.69) is 55.0 Å². The van der Waals surface area contributed by atoms with Crippen LogP contribution < -0.4 is 20.7 Å². The van der Waals surface area contributed by atoms with Crippen molar-refractivity contribution >= 4 is 29.2 Å². The second-order valence-electron chi connectivity index (χ2n) is 18.3. The zero-order chi connectivity index (χ0) is 38.3. The minimum Gasteiger partial charge on any atom is -0.406 e. The number of fused-ring (bicyclic) bond motifs is 7. The number of rotatable bonds is 6. The van der Waals surface area contributed by atoms with E-state index in [9.17, 15) is 32.3 Å². The van der Waals surface area contributed by atoms with Crippen LogP contribution in [-0.2, 0) is 14.4 Å².